The van der Waals surface area contributed by atoms with Gasteiger partial charge in [0.2, 0.25) is 10.0 Å². The topological polar surface area (TPSA) is 141 Å². The van der Waals surface area contributed by atoms with E-state index < -0.39 is 10.0 Å². The number of aromatic nitrogens is 3. The summed E-state index contributed by atoms with van der Waals surface area (Å²) < 4.78 is 37.3. The lowest BCUT2D eigenvalue weighted by Crippen LogP contribution is -2.58. The zero-order chi connectivity index (χ0) is 29.7. The van der Waals surface area contributed by atoms with Crippen molar-refractivity contribution in [3.8, 4) is 17.1 Å². The third-order valence-corrected chi connectivity index (χ3v) is 9.70. The second-order valence-electron chi connectivity index (χ2n) is 10.6. The molecule has 0 bridgehead atoms. The number of rotatable bonds is 13. The molecule has 1 aliphatic heterocycles. The molecule has 2 atom stereocenters. The van der Waals surface area contributed by atoms with E-state index >= 15 is 0 Å². The van der Waals surface area contributed by atoms with Crippen molar-refractivity contribution in [1.82, 2.24) is 23.7 Å². The number of likely N-dealkylation sites (N-methyl/N-ethyl adjacent to an activating group) is 1. The SMILES string of the molecule is CCCOc1ccc(S(=O)(=O)N2C[C@H](CCO)N(C)[C@@H](CCO)C2)cc1-c1nc2c(CCC)cn(CC)c2c(=O)[nH]1. The number of aryl methyl sites for hydroxylation is 2. The molecule has 12 heteroatoms. The molecule has 3 N–H and O–H groups in total. The van der Waals surface area contributed by atoms with Crippen molar-refractivity contribution in [2.24, 2.45) is 0 Å². The lowest BCUT2D eigenvalue weighted by atomic mass is 10.0. The maximum absolute atomic E-state index is 14.0. The van der Waals surface area contributed by atoms with E-state index in [1.54, 1.807) is 6.07 Å². The molecule has 0 aliphatic carbocycles. The van der Waals surface area contributed by atoms with Gasteiger partial charge in [-0.3, -0.25) is 9.69 Å². The molecule has 4 rings (SSSR count). The highest BCUT2D eigenvalue weighted by atomic mass is 32.2. The molecule has 0 spiro atoms. The number of aliphatic hydroxyl groups is 2. The van der Waals surface area contributed by atoms with Crippen LogP contribution in [0.3, 0.4) is 0 Å². The summed E-state index contributed by atoms with van der Waals surface area (Å²) in [6.45, 7) is 7.38. The molecule has 0 saturated carbocycles. The number of nitrogens with one attached hydrogen (secondary N) is 1. The van der Waals surface area contributed by atoms with Crippen LogP contribution in [0.1, 0.15) is 52.0 Å². The molecule has 226 valence electrons. The number of hydrogen-bond acceptors (Lipinski definition) is 8. The van der Waals surface area contributed by atoms with Crippen molar-refractivity contribution >= 4 is 21.1 Å². The molecule has 1 fully saturated rings. The zero-order valence-electron chi connectivity index (χ0n) is 24.5. The van der Waals surface area contributed by atoms with E-state index in [0.717, 1.165) is 24.8 Å². The van der Waals surface area contributed by atoms with Crippen LogP contribution in [0.2, 0.25) is 0 Å². The largest absolute Gasteiger partial charge is 0.493 e. The summed E-state index contributed by atoms with van der Waals surface area (Å²) in [5.41, 5.74) is 2.19. The Bertz CT molecular complexity index is 1490. The number of fused-ring (bicyclic) bond motifs is 1. The van der Waals surface area contributed by atoms with Crippen LogP contribution in [-0.2, 0) is 23.0 Å². The van der Waals surface area contributed by atoms with E-state index in [9.17, 15) is 23.4 Å². The van der Waals surface area contributed by atoms with Crippen LogP contribution in [0.25, 0.3) is 22.4 Å². The first kappa shape index (κ1) is 31.2. The van der Waals surface area contributed by atoms with Crippen LogP contribution in [0, 0.1) is 0 Å². The van der Waals surface area contributed by atoms with E-state index in [4.69, 9.17) is 9.72 Å². The number of H-pyrrole nitrogens is 1. The van der Waals surface area contributed by atoms with Crippen molar-refractivity contribution in [1.29, 1.82) is 0 Å². The van der Waals surface area contributed by atoms with Gasteiger partial charge >= 0.3 is 0 Å². The number of aromatic amines is 1. The van der Waals surface area contributed by atoms with Crippen molar-refractivity contribution in [3.05, 3.63) is 40.3 Å². The fourth-order valence-corrected chi connectivity index (χ4v) is 7.17. The van der Waals surface area contributed by atoms with Gasteiger partial charge in [-0.2, -0.15) is 4.31 Å². The van der Waals surface area contributed by atoms with Crippen LogP contribution < -0.4 is 10.3 Å². The molecule has 1 saturated heterocycles. The van der Waals surface area contributed by atoms with Crippen molar-refractivity contribution < 1.29 is 23.4 Å². The van der Waals surface area contributed by atoms with Gasteiger partial charge < -0.3 is 24.5 Å². The smallest absolute Gasteiger partial charge is 0.275 e. The van der Waals surface area contributed by atoms with Gasteiger partial charge in [-0.25, -0.2) is 13.4 Å². The standard InChI is InChI=1S/C29H43N5O6S/c1-5-8-20-17-33(7-3)27-26(20)30-28(31-29(27)37)24-16-23(9-10-25(24)40-15-6-2)41(38,39)34-18-21(11-13-35)32(4)22(19-34)12-14-36/h9-10,16-17,21-22,35-36H,5-8,11-15,18-19H2,1-4H3,(H,30,31,37)/t21-,22-/m0/s1. The molecule has 1 aromatic carbocycles. The summed E-state index contributed by atoms with van der Waals surface area (Å²) in [4.78, 5) is 23.2. The van der Waals surface area contributed by atoms with Crippen molar-refractivity contribution in [2.75, 3.05) is 40.0 Å². The number of aliphatic hydroxyl groups excluding tert-OH is 2. The van der Waals surface area contributed by atoms with Crippen LogP contribution in [0.5, 0.6) is 5.75 Å². The monoisotopic (exact) mass is 589 g/mol. The normalized spacial score (nSPS) is 18.8. The minimum Gasteiger partial charge on any atom is -0.493 e. The number of piperazine rings is 1. The summed E-state index contributed by atoms with van der Waals surface area (Å²) in [5.74, 6) is 0.696. The minimum atomic E-state index is -3.96. The van der Waals surface area contributed by atoms with Gasteiger partial charge in [-0.05, 0) is 63.4 Å². The molecule has 3 aromatic rings. The Labute approximate surface area is 241 Å². The number of sulfonamides is 1. The number of ether oxygens (including phenoxy) is 1. The Balaban J connectivity index is 1.83. The first-order valence-corrected chi connectivity index (χ1v) is 16.0. The Hall–Kier alpha value is -2.77. The molecule has 0 radical (unpaired) electrons. The summed E-state index contributed by atoms with van der Waals surface area (Å²) in [7, 11) is -2.06. The molecule has 2 aromatic heterocycles. The molecule has 0 unspecified atom stereocenters. The van der Waals surface area contributed by atoms with Gasteiger partial charge in [-0.15, -0.1) is 0 Å². The van der Waals surface area contributed by atoms with Crippen LogP contribution in [0.15, 0.2) is 34.1 Å². The van der Waals surface area contributed by atoms with Crippen molar-refractivity contribution in [2.45, 2.75) is 76.4 Å². The fraction of sp³-hybridized carbons (Fsp3) is 0.586. The Kier molecular flexibility index (Phi) is 10.2. The molecular weight excluding hydrogens is 546 g/mol. The van der Waals surface area contributed by atoms with E-state index in [0.29, 0.717) is 48.3 Å². The number of hydrogen-bond donors (Lipinski definition) is 3. The molecule has 3 heterocycles. The Morgan fingerprint density at radius 1 is 1.07 bits per heavy atom. The average molecular weight is 590 g/mol. The lowest BCUT2D eigenvalue weighted by Gasteiger charge is -2.44. The second kappa shape index (κ2) is 13.5. The first-order chi connectivity index (χ1) is 19.7. The molecular formula is C29H43N5O6S. The van der Waals surface area contributed by atoms with E-state index in [2.05, 4.69) is 11.9 Å². The quantitative estimate of drug-likeness (QED) is 0.276. The molecule has 11 nitrogen and oxygen atoms in total. The Morgan fingerprint density at radius 3 is 2.34 bits per heavy atom. The fourth-order valence-electron chi connectivity index (χ4n) is 5.63. The van der Waals surface area contributed by atoms with E-state index in [1.165, 1.54) is 16.4 Å². The lowest BCUT2D eigenvalue weighted by molar-refractivity contribution is 0.0545. The predicted octanol–water partition coefficient (Wildman–Crippen LogP) is 2.59. The van der Waals surface area contributed by atoms with E-state index in [-0.39, 0.29) is 54.7 Å². The average Bonchev–Trinajstić information content (AvgIpc) is 3.32. The highest BCUT2D eigenvalue weighted by Crippen LogP contribution is 2.34. The second-order valence-corrected chi connectivity index (χ2v) is 12.6. The Morgan fingerprint density at radius 2 is 1.76 bits per heavy atom. The first-order valence-electron chi connectivity index (χ1n) is 14.5. The summed E-state index contributed by atoms with van der Waals surface area (Å²) in [6.07, 6.45) is 5.21. The summed E-state index contributed by atoms with van der Waals surface area (Å²) in [5, 5.41) is 19.2. The van der Waals surface area contributed by atoms with E-state index in [1.807, 2.05) is 36.6 Å². The highest BCUT2D eigenvalue weighted by Gasteiger charge is 2.38. The van der Waals surface area contributed by atoms with Crippen molar-refractivity contribution in [3.63, 3.8) is 0 Å². The third kappa shape index (κ3) is 6.36. The minimum absolute atomic E-state index is 0.0639. The third-order valence-electron chi connectivity index (χ3n) is 7.87. The number of nitrogens with zero attached hydrogens (tertiary/aromatic N) is 4. The summed E-state index contributed by atoms with van der Waals surface area (Å²) in [6, 6.07) is 4.30. The molecule has 41 heavy (non-hydrogen) atoms. The van der Waals surface area contributed by atoms with Crippen LogP contribution in [0.4, 0.5) is 0 Å². The maximum atomic E-state index is 14.0. The number of benzene rings is 1. The van der Waals surface area contributed by atoms with Gasteiger partial charge in [0.15, 0.2) is 0 Å². The van der Waals surface area contributed by atoms with Gasteiger partial charge in [0.05, 0.1) is 22.6 Å². The molecule has 1 aliphatic rings. The molecule has 0 amide bonds. The van der Waals surface area contributed by atoms with Crippen LogP contribution in [-0.4, -0.2) is 94.4 Å². The van der Waals surface area contributed by atoms with Gasteiger partial charge in [0, 0.05) is 51.1 Å². The van der Waals surface area contributed by atoms with Gasteiger partial charge in [0.1, 0.15) is 17.1 Å². The predicted molar refractivity (Wildman–Crippen MR) is 159 cm³/mol. The zero-order valence-corrected chi connectivity index (χ0v) is 25.3. The highest BCUT2D eigenvalue weighted by molar-refractivity contribution is 7.89. The maximum Gasteiger partial charge on any atom is 0.275 e. The van der Waals surface area contributed by atoms with Gasteiger partial charge in [-0.1, -0.05) is 20.3 Å². The van der Waals surface area contributed by atoms with Crippen LogP contribution >= 0.6 is 0 Å². The summed E-state index contributed by atoms with van der Waals surface area (Å²) >= 11 is 0. The van der Waals surface area contributed by atoms with Gasteiger partial charge in [0.25, 0.3) is 5.56 Å².